The molecule has 0 bridgehead atoms. The van der Waals surface area contributed by atoms with Crippen LogP contribution in [0.5, 0.6) is 0 Å². The Bertz CT molecular complexity index is 1450. The standard InChI is InChI=1S/C25H22N4OS/c1-15-10-16(2)24-21(11-15)31-25(27-24)29-22(12-17(3)28-29)26-23(30)14-18-8-9-19-6-4-5-7-20(19)13-18/h4-13H,14H2,1-3H3,(H,26,30). The van der Waals surface area contributed by atoms with Crippen molar-refractivity contribution < 1.29 is 4.79 Å². The van der Waals surface area contributed by atoms with Gasteiger partial charge in [0.1, 0.15) is 5.82 Å². The highest BCUT2D eigenvalue weighted by molar-refractivity contribution is 7.20. The molecule has 0 spiro atoms. The number of nitrogens with zero attached hydrogens (tertiary/aromatic N) is 3. The zero-order chi connectivity index (χ0) is 21.5. The van der Waals surface area contributed by atoms with Gasteiger partial charge in [-0.15, -0.1) is 0 Å². The van der Waals surface area contributed by atoms with Crippen LogP contribution in [0.1, 0.15) is 22.4 Å². The minimum absolute atomic E-state index is 0.0791. The van der Waals surface area contributed by atoms with Gasteiger partial charge < -0.3 is 5.32 Å². The molecule has 2 heterocycles. The molecule has 0 aliphatic rings. The van der Waals surface area contributed by atoms with E-state index in [0.717, 1.165) is 37.6 Å². The first-order valence-electron chi connectivity index (χ1n) is 10.2. The van der Waals surface area contributed by atoms with Crippen molar-refractivity contribution in [3.8, 4) is 5.13 Å². The first-order chi connectivity index (χ1) is 15.0. The van der Waals surface area contributed by atoms with Crippen LogP contribution in [0.25, 0.3) is 26.1 Å². The minimum atomic E-state index is -0.0791. The predicted octanol–water partition coefficient (Wildman–Crippen LogP) is 5.74. The molecule has 5 nitrogen and oxygen atoms in total. The van der Waals surface area contributed by atoms with Gasteiger partial charge in [0.2, 0.25) is 11.0 Å². The van der Waals surface area contributed by atoms with E-state index in [-0.39, 0.29) is 5.91 Å². The smallest absolute Gasteiger partial charge is 0.229 e. The number of carbonyl (C=O) groups is 1. The van der Waals surface area contributed by atoms with E-state index in [1.165, 1.54) is 10.9 Å². The fourth-order valence-corrected chi connectivity index (χ4v) is 5.01. The molecule has 0 fully saturated rings. The van der Waals surface area contributed by atoms with E-state index < -0.39 is 0 Å². The summed E-state index contributed by atoms with van der Waals surface area (Å²) in [6.45, 7) is 6.07. The van der Waals surface area contributed by atoms with E-state index >= 15 is 0 Å². The molecule has 5 aromatic rings. The Balaban J connectivity index is 1.42. The molecule has 6 heteroatoms. The van der Waals surface area contributed by atoms with Crippen molar-refractivity contribution in [2.75, 3.05) is 5.32 Å². The molecule has 2 aromatic heterocycles. The average Bonchev–Trinajstić information content (AvgIpc) is 3.31. The van der Waals surface area contributed by atoms with Crippen molar-refractivity contribution in [1.29, 1.82) is 0 Å². The van der Waals surface area contributed by atoms with Gasteiger partial charge in [0.05, 0.1) is 22.3 Å². The summed E-state index contributed by atoms with van der Waals surface area (Å²) in [7, 11) is 0. The van der Waals surface area contributed by atoms with Gasteiger partial charge in [0.25, 0.3) is 0 Å². The van der Waals surface area contributed by atoms with E-state index in [0.29, 0.717) is 12.2 Å². The van der Waals surface area contributed by atoms with Crippen LogP contribution < -0.4 is 5.32 Å². The third kappa shape index (κ3) is 3.82. The number of thiazole rings is 1. The Labute approximate surface area is 184 Å². The molecule has 0 unspecified atom stereocenters. The van der Waals surface area contributed by atoms with E-state index in [2.05, 4.69) is 60.7 Å². The van der Waals surface area contributed by atoms with Gasteiger partial charge >= 0.3 is 0 Å². The number of hydrogen-bond acceptors (Lipinski definition) is 4. The summed E-state index contributed by atoms with van der Waals surface area (Å²) in [6.07, 6.45) is 0.299. The number of anilines is 1. The number of rotatable bonds is 4. The Morgan fingerprint density at radius 1 is 1.00 bits per heavy atom. The number of aromatic nitrogens is 3. The van der Waals surface area contributed by atoms with Crippen LogP contribution in [-0.4, -0.2) is 20.7 Å². The van der Waals surface area contributed by atoms with Crippen molar-refractivity contribution in [2.24, 2.45) is 0 Å². The Hall–Kier alpha value is -3.51. The van der Waals surface area contributed by atoms with Crippen LogP contribution in [-0.2, 0) is 11.2 Å². The van der Waals surface area contributed by atoms with Crippen LogP contribution in [0, 0.1) is 20.8 Å². The summed E-state index contributed by atoms with van der Waals surface area (Å²) in [5, 5.41) is 10.7. The van der Waals surface area contributed by atoms with Crippen molar-refractivity contribution in [2.45, 2.75) is 27.2 Å². The number of nitrogens with one attached hydrogen (secondary N) is 1. The lowest BCUT2D eigenvalue weighted by Crippen LogP contribution is -2.17. The summed E-state index contributed by atoms with van der Waals surface area (Å²) < 4.78 is 2.85. The number of aryl methyl sites for hydroxylation is 3. The largest absolute Gasteiger partial charge is 0.310 e. The summed E-state index contributed by atoms with van der Waals surface area (Å²) in [4.78, 5) is 17.6. The lowest BCUT2D eigenvalue weighted by atomic mass is 10.1. The van der Waals surface area contributed by atoms with E-state index in [1.807, 2.05) is 31.2 Å². The van der Waals surface area contributed by atoms with Crippen LogP contribution in [0.15, 0.2) is 60.7 Å². The van der Waals surface area contributed by atoms with Crippen LogP contribution >= 0.6 is 11.3 Å². The van der Waals surface area contributed by atoms with Gasteiger partial charge in [-0.05, 0) is 54.3 Å². The number of fused-ring (bicyclic) bond motifs is 2. The molecule has 0 saturated heterocycles. The molecule has 154 valence electrons. The normalized spacial score (nSPS) is 11.3. The highest BCUT2D eigenvalue weighted by Crippen LogP contribution is 2.30. The van der Waals surface area contributed by atoms with Gasteiger partial charge in [-0.3, -0.25) is 4.79 Å². The predicted molar refractivity (Wildman–Crippen MR) is 127 cm³/mol. The lowest BCUT2D eigenvalue weighted by molar-refractivity contribution is -0.115. The molecule has 0 saturated carbocycles. The van der Waals surface area contributed by atoms with Crippen molar-refractivity contribution in [3.63, 3.8) is 0 Å². The molecule has 5 rings (SSSR count). The minimum Gasteiger partial charge on any atom is -0.310 e. The zero-order valence-corrected chi connectivity index (χ0v) is 18.5. The second kappa shape index (κ2) is 7.63. The molecular weight excluding hydrogens is 404 g/mol. The summed E-state index contributed by atoms with van der Waals surface area (Å²) >= 11 is 1.58. The highest BCUT2D eigenvalue weighted by atomic mass is 32.1. The van der Waals surface area contributed by atoms with Gasteiger partial charge in [-0.1, -0.05) is 59.9 Å². The van der Waals surface area contributed by atoms with E-state index in [9.17, 15) is 4.79 Å². The molecule has 3 aromatic carbocycles. The van der Waals surface area contributed by atoms with Crippen molar-refractivity contribution >= 4 is 44.1 Å². The van der Waals surface area contributed by atoms with Crippen LogP contribution in [0.3, 0.4) is 0 Å². The third-order valence-corrected chi connectivity index (χ3v) is 6.26. The topological polar surface area (TPSA) is 59.8 Å². The number of carbonyl (C=O) groups excluding carboxylic acids is 1. The molecule has 0 aliphatic carbocycles. The monoisotopic (exact) mass is 426 g/mol. The second-order valence-electron chi connectivity index (χ2n) is 7.91. The fourth-order valence-electron chi connectivity index (χ4n) is 3.90. The maximum absolute atomic E-state index is 12.8. The van der Waals surface area contributed by atoms with Crippen molar-refractivity contribution in [1.82, 2.24) is 14.8 Å². The number of benzene rings is 3. The molecule has 0 radical (unpaired) electrons. The summed E-state index contributed by atoms with van der Waals surface area (Å²) in [6, 6.07) is 20.4. The number of hydrogen-bond donors (Lipinski definition) is 1. The van der Waals surface area contributed by atoms with E-state index in [4.69, 9.17) is 4.98 Å². The Kier molecular flexibility index (Phi) is 4.79. The average molecular weight is 427 g/mol. The molecule has 31 heavy (non-hydrogen) atoms. The Morgan fingerprint density at radius 3 is 2.65 bits per heavy atom. The van der Waals surface area contributed by atoms with Crippen LogP contribution in [0.4, 0.5) is 5.82 Å². The van der Waals surface area contributed by atoms with Gasteiger partial charge in [-0.25, -0.2) is 4.98 Å². The first kappa shape index (κ1) is 19.5. The SMILES string of the molecule is Cc1cc(C)c2nc(-n3nc(C)cc3NC(=O)Cc3ccc4ccccc4c3)sc2c1. The number of amides is 1. The van der Waals surface area contributed by atoms with E-state index in [1.54, 1.807) is 16.0 Å². The maximum Gasteiger partial charge on any atom is 0.229 e. The highest BCUT2D eigenvalue weighted by Gasteiger charge is 2.16. The molecule has 0 atom stereocenters. The summed E-state index contributed by atoms with van der Waals surface area (Å²) in [5.41, 5.74) is 5.13. The zero-order valence-electron chi connectivity index (χ0n) is 17.6. The summed E-state index contributed by atoms with van der Waals surface area (Å²) in [5.74, 6) is 0.557. The second-order valence-corrected chi connectivity index (χ2v) is 8.92. The fraction of sp³-hybridized carbons (Fsp3) is 0.160. The lowest BCUT2D eigenvalue weighted by Gasteiger charge is -2.07. The van der Waals surface area contributed by atoms with Gasteiger partial charge in [0, 0.05) is 6.07 Å². The maximum atomic E-state index is 12.8. The molecular formula is C25H22N4OS. The Morgan fingerprint density at radius 2 is 1.81 bits per heavy atom. The first-order valence-corrected chi connectivity index (χ1v) is 11.0. The molecule has 0 aliphatic heterocycles. The van der Waals surface area contributed by atoms with Gasteiger partial charge in [-0.2, -0.15) is 9.78 Å². The quantitative estimate of drug-likeness (QED) is 0.398. The van der Waals surface area contributed by atoms with Gasteiger partial charge in [0.15, 0.2) is 0 Å². The third-order valence-electron chi connectivity index (χ3n) is 5.28. The molecule has 1 amide bonds. The van der Waals surface area contributed by atoms with Crippen LogP contribution in [0.2, 0.25) is 0 Å². The molecule has 1 N–H and O–H groups in total. The van der Waals surface area contributed by atoms with Crippen molar-refractivity contribution in [3.05, 3.63) is 83.0 Å².